The van der Waals surface area contributed by atoms with E-state index < -0.39 is 46.1 Å². The highest BCUT2D eigenvalue weighted by Crippen LogP contribution is 2.54. The van der Waals surface area contributed by atoms with E-state index in [1.807, 2.05) is 60.8 Å². The summed E-state index contributed by atoms with van der Waals surface area (Å²) >= 11 is 0. The molecule has 3 aromatic rings. The van der Waals surface area contributed by atoms with Gasteiger partial charge in [-0.3, -0.25) is 13.8 Å². The number of carboxylic acid groups (broad SMARTS) is 1. The molecule has 10 heteroatoms. The number of benzene rings is 2. The zero-order valence-electron chi connectivity index (χ0n) is 25.0. The number of carbonyl (C=O) groups is 3. The van der Waals surface area contributed by atoms with Gasteiger partial charge in [-0.25, -0.2) is 4.79 Å². The van der Waals surface area contributed by atoms with Gasteiger partial charge in [-0.2, -0.15) is 0 Å². The fourth-order valence-corrected chi connectivity index (χ4v) is 9.15. The van der Waals surface area contributed by atoms with E-state index in [9.17, 15) is 23.7 Å². The number of hydrogen-bond acceptors (Lipinski definition) is 5. The molecule has 1 heterocycles. The Labute approximate surface area is 260 Å². The van der Waals surface area contributed by atoms with Gasteiger partial charge >= 0.3 is 12.1 Å². The van der Waals surface area contributed by atoms with Gasteiger partial charge in [0.25, 0.3) is 0 Å². The molecule has 1 aromatic heterocycles. The summed E-state index contributed by atoms with van der Waals surface area (Å²) in [6, 6.07) is 16.6. The zero-order chi connectivity index (χ0) is 30.8. The summed E-state index contributed by atoms with van der Waals surface area (Å²) in [4.78, 5) is 42.3. The Bertz CT molecular complexity index is 1510. The van der Waals surface area contributed by atoms with Crippen LogP contribution in [0.15, 0.2) is 60.8 Å². The lowest BCUT2D eigenvalue weighted by Gasteiger charge is -2.53. The van der Waals surface area contributed by atoms with Gasteiger partial charge in [0.1, 0.15) is 17.4 Å². The van der Waals surface area contributed by atoms with Crippen LogP contribution in [-0.2, 0) is 38.0 Å². The first kappa shape index (κ1) is 30.4. The van der Waals surface area contributed by atoms with E-state index in [0.717, 1.165) is 59.5 Å². The third-order valence-corrected chi connectivity index (χ3v) is 11.2. The number of aliphatic carboxylic acids is 1. The fourth-order valence-electron chi connectivity index (χ4n) is 8.10. The summed E-state index contributed by atoms with van der Waals surface area (Å²) in [6.07, 6.45) is 7.38. The van der Waals surface area contributed by atoms with E-state index in [-0.39, 0.29) is 18.3 Å². The van der Waals surface area contributed by atoms with E-state index in [1.165, 1.54) is 6.42 Å². The quantitative estimate of drug-likeness (QED) is 0.234. The molecule has 0 radical (unpaired) electrons. The highest BCUT2D eigenvalue weighted by Gasteiger charge is 2.50. The maximum absolute atomic E-state index is 14.2. The summed E-state index contributed by atoms with van der Waals surface area (Å²) in [7, 11) is -1.70. The first-order valence-corrected chi connectivity index (χ1v) is 17.1. The van der Waals surface area contributed by atoms with Crippen molar-refractivity contribution < 1.29 is 28.4 Å². The monoisotopic (exact) mass is 619 g/mol. The number of hydrogen-bond donors (Lipinski definition) is 4. The van der Waals surface area contributed by atoms with Crippen LogP contribution in [0.1, 0.15) is 50.2 Å². The van der Waals surface area contributed by atoms with Crippen molar-refractivity contribution in [3.63, 3.8) is 0 Å². The second kappa shape index (κ2) is 12.8. The number of carboxylic acids is 1. The summed E-state index contributed by atoms with van der Waals surface area (Å²) in [5, 5.41) is 16.1. The Morgan fingerprint density at radius 3 is 2.34 bits per heavy atom. The van der Waals surface area contributed by atoms with E-state index in [0.29, 0.717) is 18.3 Å². The van der Waals surface area contributed by atoms with E-state index >= 15 is 0 Å². The maximum atomic E-state index is 14.2. The standard InChI is InChI=1S/C34H41N3O6S/c1-34(17-26-18-35-29-10-6-5-9-28(26)29,37-33(41)43-31-24-12-22-11-23(14-24)15-25(31)13-22)32(40)36-27(19-44(42)20-30(38)39)16-21-7-3-2-4-8-21/h2-10,18,22-25,27,31,35H,11-17,19-20H2,1H3,(H,36,40)(H,37,41)(H,38,39)/t22?,23?,24?,25?,27-,31?,34+,44?/m0/s1. The fraction of sp³-hybridized carbons (Fsp3) is 0.500. The Morgan fingerprint density at radius 1 is 1.00 bits per heavy atom. The molecule has 4 saturated carbocycles. The highest BCUT2D eigenvalue weighted by molar-refractivity contribution is 7.85. The molecule has 9 nitrogen and oxygen atoms in total. The number of carbonyl (C=O) groups excluding carboxylic acids is 2. The Balaban J connectivity index is 1.23. The van der Waals surface area contributed by atoms with Crippen LogP contribution in [0.3, 0.4) is 0 Å². The van der Waals surface area contributed by atoms with Crippen LogP contribution in [0.25, 0.3) is 10.9 Å². The Morgan fingerprint density at radius 2 is 1.66 bits per heavy atom. The van der Waals surface area contributed by atoms with Gasteiger partial charge in [0.05, 0.1) is 0 Å². The van der Waals surface area contributed by atoms with Crippen molar-refractivity contribution >= 4 is 39.7 Å². The minimum absolute atomic E-state index is 0.0334. The molecule has 3 atom stereocenters. The molecule has 0 spiro atoms. The van der Waals surface area contributed by atoms with Crippen LogP contribution in [0.5, 0.6) is 0 Å². The molecule has 1 unspecified atom stereocenters. The number of alkyl carbamates (subject to hydrolysis) is 1. The molecule has 44 heavy (non-hydrogen) atoms. The topological polar surface area (TPSA) is 138 Å². The molecule has 4 fully saturated rings. The first-order chi connectivity index (χ1) is 21.1. The number of ether oxygens (including phenoxy) is 1. The van der Waals surface area contributed by atoms with Crippen molar-refractivity contribution in [2.75, 3.05) is 11.5 Å². The third-order valence-electron chi connectivity index (χ3n) is 9.81. The van der Waals surface area contributed by atoms with Crippen LogP contribution >= 0.6 is 0 Å². The smallest absolute Gasteiger partial charge is 0.408 e. The molecule has 7 rings (SSSR count). The molecule has 2 amide bonds. The molecule has 234 valence electrons. The normalized spacial score (nSPS) is 26.4. The third kappa shape index (κ3) is 6.85. The second-order valence-corrected chi connectivity index (χ2v) is 14.8. The van der Waals surface area contributed by atoms with Gasteiger partial charge in [0.15, 0.2) is 0 Å². The summed E-state index contributed by atoms with van der Waals surface area (Å²) in [5.74, 6) is 0.0935. The zero-order valence-corrected chi connectivity index (χ0v) is 25.8. The van der Waals surface area contributed by atoms with Crippen molar-refractivity contribution in [2.24, 2.45) is 23.7 Å². The number of nitrogens with one attached hydrogen (secondary N) is 3. The molecule has 4 bridgehead atoms. The van der Waals surface area contributed by atoms with Crippen molar-refractivity contribution in [1.29, 1.82) is 0 Å². The average Bonchev–Trinajstić information content (AvgIpc) is 3.37. The molecular formula is C34H41N3O6S. The van der Waals surface area contributed by atoms with Crippen LogP contribution in [-0.4, -0.2) is 61.5 Å². The van der Waals surface area contributed by atoms with E-state index in [1.54, 1.807) is 6.92 Å². The van der Waals surface area contributed by atoms with Gasteiger partial charge < -0.3 is 25.5 Å². The second-order valence-electron chi connectivity index (χ2n) is 13.3. The maximum Gasteiger partial charge on any atom is 0.408 e. The van der Waals surface area contributed by atoms with Gasteiger partial charge in [0.2, 0.25) is 5.91 Å². The predicted octanol–water partition coefficient (Wildman–Crippen LogP) is 4.58. The number of fused-ring (bicyclic) bond motifs is 1. The van der Waals surface area contributed by atoms with Gasteiger partial charge in [-0.1, -0.05) is 48.5 Å². The number of aromatic amines is 1. The number of amides is 2. The Hall–Kier alpha value is -3.66. The van der Waals surface area contributed by atoms with E-state index in [4.69, 9.17) is 4.74 Å². The number of rotatable bonds is 12. The van der Waals surface area contributed by atoms with Crippen LogP contribution in [0, 0.1) is 23.7 Å². The highest BCUT2D eigenvalue weighted by atomic mass is 32.2. The average molecular weight is 620 g/mol. The van der Waals surface area contributed by atoms with Gasteiger partial charge in [-0.05, 0) is 86.3 Å². The van der Waals surface area contributed by atoms with E-state index in [2.05, 4.69) is 15.6 Å². The first-order valence-electron chi connectivity index (χ1n) is 15.6. The largest absolute Gasteiger partial charge is 0.481 e. The molecule has 4 N–H and O–H groups in total. The summed E-state index contributed by atoms with van der Waals surface area (Å²) in [6.45, 7) is 1.69. The minimum atomic E-state index is -1.70. The molecule has 4 aliphatic rings. The lowest BCUT2D eigenvalue weighted by molar-refractivity contribution is -0.134. The number of H-pyrrole nitrogens is 1. The van der Waals surface area contributed by atoms with Crippen LogP contribution in [0.2, 0.25) is 0 Å². The van der Waals surface area contributed by atoms with Crippen LogP contribution < -0.4 is 10.6 Å². The molecule has 0 aliphatic heterocycles. The number of aromatic nitrogens is 1. The summed E-state index contributed by atoms with van der Waals surface area (Å²) < 4.78 is 18.8. The van der Waals surface area contributed by atoms with Crippen molar-refractivity contribution in [3.8, 4) is 0 Å². The molecule has 4 aliphatic carbocycles. The SMILES string of the molecule is C[C@](Cc1c[nH]c2ccccc12)(NC(=O)OC1C2CC3CC(C2)CC1C3)C(=O)N[C@@H](Cc1ccccc1)CS(=O)CC(=O)O. The molecular weight excluding hydrogens is 578 g/mol. The lowest BCUT2D eigenvalue weighted by Crippen LogP contribution is -2.61. The molecule has 2 aromatic carbocycles. The van der Waals surface area contributed by atoms with Gasteiger partial charge in [-0.15, -0.1) is 0 Å². The van der Waals surface area contributed by atoms with Crippen LogP contribution in [0.4, 0.5) is 4.79 Å². The summed E-state index contributed by atoms with van der Waals surface area (Å²) in [5.41, 5.74) is 1.30. The van der Waals surface area contributed by atoms with Crippen molar-refractivity contribution in [2.45, 2.75) is 69.6 Å². The van der Waals surface area contributed by atoms with Crippen molar-refractivity contribution in [3.05, 3.63) is 71.9 Å². The number of para-hydroxylation sites is 1. The van der Waals surface area contributed by atoms with Crippen molar-refractivity contribution in [1.82, 2.24) is 15.6 Å². The lowest BCUT2D eigenvalue weighted by atomic mass is 9.55. The Kier molecular flexibility index (Phi) is 8.80. The predicted molar refractivity (Wildman–Crippen MR) is 168 cm³/mol. The minimum Gasteiger partial charge on any atom is -0.481 e. The van der Waals surface area contributed by atoms with Gasteiger partial charge in [0, 0.05) is 46.1 Å². The molecule has 0 saturated heterocycles.